The predicted molar refractivity (Wildman–Crippen MR) is 74.6 cm³/mol. The molecule has 0 aliphatic heterocycles. The van der Waals surface area contributed by atoms with Crippen molar-refractivity contribution in [3.8, 4) is 16.9 Å². The summed E-state index contributed by atoms with van der Waals surface area (Å²) >= 11 is 0. The van der Waals surface area contributed by atoms with Gasteiger partial charge in [0.15, 0.2) is 0 Å². The second-order valence-corrected chi connectivity index (χ2v) is 4.30. The number of ether oxygens (including phenoxy) is 1. The van der Waals surface area contributed by atoms with Crippen molar-refractivity contribution in [2.45, 2.75) is 20.3 Å². The molecule has 2 rings (SSSR count). The molecule has 0 aliphatic carbocycles. The van der Waals surface area contributed by atoms with Crippen LogP contribution in [0.1, 0.15) is 18.9 Å². The van der Waals surface area contributed by atoms with Crippen LogP contribution < -0.4 is 10.5 Å². The van der Waals surface area contributed by atoms with Crippen LogP contribution in [0.4, 0.5) is 5.82 Å². The van der Waals surface area contributed by atoms with Crippen molar-refractivity contribution < 1.29 is 4.74 Å². The van der Waals surface area contributed by atoms with E-state index in [2.05, 4.69) is 11.9 Å². The summed E-state index contributed by atoms with van der Waals surface area (Å²) < 4.78 is 5.55. The van der Waals surface area contributed by atoms with Gasteiger partial charge in [-0.15, -0.1) is 0 Å². The summed E-state index contributed by atoms with van der Waals surface area (Å²) in [6.07, 6.45) is 2.81. The van der Waals surface area contributed by atoms with Crippen LogP contribution >= 0.6 is 0 Å². The van der Waals surface area contributed by atoms with Crippen molar-refractivity contribution in [2.75, 3.05) is 12.3 Å². The van der Waals surface area contributed by atoms with E-state index in [-0.39, 0.29) is 0 Å². The Morgan fingerprint density at radius 3 is 2.50 bits per heavy atom. The summed E-state index contributed by atoms with van der Waals surface area (Å²) in [6, 6.07) is 10.1. The van der Waals surface area contributed by atoms with Crippen LogP contribution in [-0.2, 0) is 0 Å². The van der Waals surface area contributed by atoms with Gasteiger partial charge in [-0.05, 0) is 42.7 Å². The highest BCUT2D eigenvalue weighted by Crippen LogP contribution is 2.24. The second-order valence-electron chi connectivity index (χ2n) is 4.30. The van der Waals surface area contributed by atoms with E-state index in [1.165, 1.54) is 0 Å². The Bertz CT molecular complexity index is 521. The number of benzene rings is 1. The first-order chi connectivity index (χ1) is 8.70. The Balaban J connectivity index is 2.20. The van der Waals surface area contributed by atoms with Crippen molar-refractivity contribution in [2.24, 2.45) is 0 Å². The first-order valence-electron chi connectivity index (χ1n) is 6.16. The summed E-state index contributed by atoms with van der Waals surface area (Å²) in [5.41, 5.74) is 8.91. The van der Waals surface area contributed by atoms with Crippen LogP contribution in [0.3, 0.4) is 0 Å². The number of rotatable bonds is 4. The Morgan fingerprint density at radius 2 is 1.89 bits per heavy atom. The highest BCUT2D eigenvalue weighted by atomic mass is 16.5. The largest absolute Gasteiger partial charge is 0.494 e. The Morgan fingerprint density at radius 1 is 1.17 bits per heavy atom. The number of aryl methyl sites for hydroxylation is 1. The molecule has 0 saturated carbocycles. The van der Waals surface area contributed by atoms with Gasteiger partial charge in [-0.1, -0.05) is 19.1 Å². The third-order valence-corrected chi connectivity index (χ3v) is 2.78. The minimum atomic E-state index is 0.585. The molecule has 2 N–H and O–H groups in total. The number of aromatic nitrogens is 1. The number of anilines is 1. The van der Waals surface area contributed by atoms with Crippen LogP contribution in [-0.4, -0.2) is 11.6 Å². The van der Waals surface area contributed by atoms with Crippen LogP contribution in [0.25, 0.3) is 11.1 Å². The first-order valence-corrected chi connectivity index (χ1v) is 6.16. The molecule has 2 aromatic rings. The molecule has 1 aromatic carbocycles. The lowest BCUT2D eigenvalue weighted by atomic mass is 10.1. The van der Waals surface area contributed by atoms with Gasteiger partial charge in [0.25, 0.3) is 0 Å². The fourth-order valence-electron chi connectivity index (χ4n) is 1.71. The second kappa shape index (κ2) is 5.54. The number of hydrogen-bond donors (Lipinski definition) is 1. The molecular weight excluding hydrogens is 224 g/mol. The molecule has 0 atom stereocenters. The SMILES string of the molecule is CCCOc1ccc(-c2cnc(N)c(C)c2)cc1. The maximum absolute atomic E-state index is 5.71. The molecule has 3 heteroatoms. The number of nitrogen functional groups attached to an aromatic ring is 1. The van der Waals surface area contributed by atoms with Gasteiger partial charge in [0.1, 0.15) is 11.6 Å². The molecule has 0 spiro atoms. The van der Waals surface area contributed by atoms with Crippen molar-refractivity contribution >= 4 is 5.82 Å². The van der Waals surface area contributed by atoms with Crippen LogP contribution in [0.15, 0.2) is 36.5 Å². The number of pyridine rings is 1. The van der Waals surface area contributed by atoms with Gasteiger partial charge in [0.05, 0.1) is 6.61 Å². The summed E-state index contributed by atoms with van der Waals surface area (Å²) in [5.74, 6) is 1.49. The van der Waals surface area contributed by atoms with E-state index in [1.807, 2.05) is 37.3 Å². The molecule has 18 heavy (non-hydrogen) atoms. The molecule has 94 valence electrons. The third-order valence-electron chi connectivity index (χ3n) is 2.78. The molecule has 3 nitrogen and oxygen atoms in total. The van der Waals surface area contributed by atoms with E-state index >= 15 is 0 Å². The number of nitrogens with zero attached hydrogens (tertiary/aromatic N) is 1. The lowest BCUT2D eigenvalue weighted by Gasteiger charge is -2.07. The molecular formula is C15H18N2O. The van der Waals surface area contributed by atoms with Crippen molar-refractivity contribution in [3.05, 3.63) is 42.1 Å². The average Bonchev–Trinajstić information content (AvgIpc) is 2.40. The van der Waals surface area contributed by atoms with E-state index in [0.717, 1.165) is 35.5 Å². The van der Waals surface area contributed by atoms with E-state index in [1.54, 1.807) is 6.20 Å². The average molecular weight is 242 g/mol. The highest BCUT2D eigenvalue weighted by molar-refractivity contribution is 5.65. The van der Waals surface area contributed by atoms with Gasteiger partial charge in [0.2, 0.25) is 0 Å². The zero-order valence-corrected chi connectivity index (χ0v) is 10.8. The smallest absolute Gasteiger partial charge is 0.126 e. The fraction of sp³-hybridized carbons (Fsp3) is 0.267. The molecule has 0 aliphatic rings. The molecule has 0 amide bonds. The van der Waals surface area contributed by atoms with E-state index in [0.29, 0.717) is 5.82 Å². The van der Waals surface area contributed by atoms with Gasteiger partial charge in [-0.3, -0.25) is 0 Å². The van der Waals surface area contributed by atoms with Crippen LogP contribution in [0.2, 0.25) is 0 Å². The Labute approximate surface area is 108 Å². The molecule has 0 unspecified atom stereocenters. The minimum Gasteiger partial charge on any atom is -0.494 e. The summed E-state index contributed by atoms with van der Waals surface area (Å²) in [4.78, 5) is 4.17. The summed E-state index contributed by atoms with van der Waals surface area (Å²) in [7, 11) is 0. The highest BCUT2D eigenvalue weighted by Gasteiger charge is 2.02. The number of hydrogen-bond acceptors (Lipinski definition) is 3. The van der Waals surface area contributed by atoms with Gasteiger partial charge in [0, 0.05) is 11.8 Å². The standard InChI is InChI=1S/C15H18N2O/c1-3-8-18-14-6-4-12(5-7-14)13-9-11(2)15(16)17-10-13/h4-7,9-10H,3,8H2,1-2H3,(H2,16,17). The van der Waals surface area contributed by atoms with Gasteiger partial charge in [-0.2, -0.15) is 0 Å². The Hall–Kier alpha value is -2.03. The van der Waals surface area contributed by atoms with E-state index < -0.39 is 0 Å². The molecule has 0 fully saturated rings. The van der Waals surface area contributed by atoms with Crippen molar-refractivity contribution in [3.63, 3.8) is 0 Å². The van der Waals surface area contributed by atoms with Crippen molar-refractivity contribution in [1.82, 2.24) is 4.98 Å². The number of nitrogens with two attached hydrogens (primary N) is 1. The zero-order chi connectivity index (χ0) is 13.0. The maximum atomic E-state index is 5.71. The van der Waals surface area contributed by atoms with Gasteiger partial charge < -0.3 is 10.5 Å². The zero-order valence-electron chi connectivity index (χ0n) is 10.8. The predicted octanol–water partition coefficient (Wildman–Crippen LogP) is 3.43. The maximum Gasteiger partial charge on any atom is 0.126 e. The lowest BCUT2D eigenvalue weighted by Crippen LogP contribution is -1.95. The van der Waals surface area contributed by atoms with Gasteiger partial charge >= 0.3 is 0 Å². The lowest BCUT2D eigenvalue weighted by molar-refractivity contribution is 0.317. The molecule has 1 heterocycles. The topological polar surface area (TPSA) is 48.1 Å². The van der Waals surface area contributed by atoms with Crippen LogP contribution in [0.5, 0.6) is 5.75 Å². The van der Waals surface area contributed by atoms with Crippen molar-refractivity contribution in [1.29, 1.82) is 0 Å². The fourth-order valence-corrected chi connectivity index (χ4v) is 1.71. The first kappa shape index (κ1) is 12.4. The molecule has 0 bridgehead atoms. The monoisotopic (exact) mass is 242 g/mol. The molecule has 0 saturated heterocycles. The quantitative estimate of drug-likeness (QED) is 0.893. The van der Waals surface area contributed by atoms with E-state index in [9.17, 15) is 0 Å². The van der Waals surface area contributed by atoms with Crippen LogP contribution in [0, 0.1) is 6.92 Å². The normalized spacial score (nSPS) is 10.3. The summed E-state index contributed by atoms with van der Waals surface area (Å²) in [5, 5.41) is 0. The van der Waals surface area contributed by atoms with E-state index in [4.69, 9.17) is 10.5 Å². The summed E-state index contributed by atoms with van der Waals surface area (Å²) in [6.45, 7) is 4.81. The molecule has 1 aromatic heterocycles. The molecule has 0 radical (unpaired) electrons. The Kier molecular flexibility index (Phi) is 3.82. The minimum absolute atomic E-state index is 0.585. The third kappa shape index (κ3) is 2.80. The van der Waals surface area contributed by atoms with Gasteiger partial charge in [-0.25, -0.2) is 4.98 Å².